The number of aromatic nitrogens is 1. The summed E-state index contributed by atoms with van der Waals surface area (Å²) in [7, 11) is 0. The fourth-order valence-electron chi connectivity index (χ4n) is 2.37. The molecule has 2 fully saturated rings. The second-order valence-electron chi connectivity index (χ2n) is 5.70. The van der Waals surface area contributed by atoms with E-state index in [9.17, 15) is 23.1 Å². The zero-order valence-electron chi connectivity index (χ0n) is 11.2. The highest BCUT2D eigenvalue weighted by molar-refractivity contribution is 5.93. The van der Waals surface area contributed by atoms with Crippen LogP contribution in [0.15, 0.2) is 12.1 Å². The summed E-state index contributed by atoms with van der Waals surface area (Å²) in [6, 6.07) is 1.87. The molecule has 21 heavy (non-hydrogen) atoms. The molecule has 1 aromatic heterocycles. The summed E-state index contributed by atoms with van der Waals surface area (Å²) in [5.41, 5.74) is -1.19. The first-order valence-corrected chi connectivity index (χ1v) is 6.94. The lowest BCUT2D eigenvalue weighted by Crippen LogP contribution is -2.31. The van der Waals surface area contributed by atoms with E-state index < -0.39 is 17.8 Å². The number of hydrogen-bond acceptors (Lipinski definition) is 3. The molecule has 1 aromatic rings. The van der Waals surface area contributed by atoms with Crippen LogP contribution in [0.25, 0.3) is 0 Å². The van der Waals surface area contributed by atoms with Gasteiger partial charge in [0.25, 0.3) is 0 Å². The minimum absolute atomic E-state index is 0.0354. The van der Waals surface area contributed by atoms with E-state index in [2.05, 4.69) is 4.98 Å². The topological polar surface area (TPSA) is 53.4 Å². The fourth-order valence-corrected chi connectivity index (χ4v) is 2.37. The number of aromatic carboxylic acids is 1. The molecule has 3 rings (SSSR count). The third-order valence-corrected chi connectivity index (χ3v) is 3.81. The molecule has 1 N–H and O–H groups in total. The Labute approximate surface area is 119 Å². The molecule has 0 amide bonds. The second-order valence-corrected chi connectivity index (χ2v) is 5.70. The molecule has 0 unspecified atom stereocenters. The Morgan fingerprint density at radius 1 is 1.29 bits per heavy atom. The van der Waals surface area contributed by atoms with Crippen LogP contribution in [0.4, 0.5) is 19.0 Å². The number of nitrogens with zero attached hydrogens (tertiary/aromatic N) is 2. The number of carboxylic acid groups (broad SMARTS) is 1. The third-order valence-electron chi connectivity index (χ3n) is 3.81. The van der Waals surface area contributed by atoms with Gasteiger partial charge in [-0.05, 0) is 43.7 Å². The molecule has 1 heterocycles. The van der Waals surface area contributed by atoms with Crippen LogP contribution in [0.1, 0.15) is 41.7 Å². The van der Waals surface area contributed by atoms with Crippen molar-refractivity contribution in [2.75, 3.05) is 11.4 Å². The fraction of sp³-hybridized carbons (Fsp3) is 0.571. The predicted octanol–water partition coefficient (Wildman–Crippen LogP) is 3.18. The third kappa shape index (κ3) is 3.11. The monoisotopic (exact) mass is 300 g/mol. The summed E-state index contributed by atoms with van der Waals surface area (Å²) >= 11 is 0. The van der Waals surface area contributed by atoms with Gasteiger partial charge in [-0.15, -0.1) is 0 Å². The average Bonchev–Trinajstić information content (AvgIpc) is 3.25. The van der Waals surface area contributed by atoms with Crippen LogP contribution >= 0.6 is 0 Å². The maximum absolute atomic E-state index is 12.8. The normalized spacial score (nSPS) is 18.6. The number of anilines is 1. The number of halogens is 3. The molecule has 7 heteroatoms. The van der Waals surface area contributed by atoms with Gasteiger partial charge in [0.15, 0.2) is 0 Å². The number of carbonyl (C=O) groups is 1. The van der Waals surface area contributed by atoms with Gasteiger partial charge in [0, 0.05) is 12.6 Å². The molecule has 2 saturated carbocycles. The Morgan fingerprint density at radius 2 is 1.95 bits per heavy atom. The summed E-state index contributed by atoms with van der Waals surface area (Å²) in [6.07, 6.45) is -0.719. The molecule has 0 aromatic carbocycles. The number of alkyl halides is 3. The van der Waals surface area contributed by atoms with Crippen LogP contribution < -0.4 is 4.90 Å². The highest BCUT2D eigenvalue weighted by Gasteiger charge is 2.39. The maximum Gasteiger partial charge on any atom is 0.433 e. The van der Waals surface area contributed by atoms with Crippen molar-refractivity contribution < 1.29 is 23.1 Å². The molecule has 2 aliphatic carbocycles. The van der Waals surface area contributed by atoms with Gasteiger partial charge in [0.1, 0.15) is 17.1 Å². The zero-order chi connectivity index (χ0) is 15.2. The van der Waals surface area contributed by atoms with Crippen LogP contribution in [0, 0.1) is 5.92 Å². The van der Waals surface area contributed by atoms with Crippen LogP contribution in [-0.2, 0) is 6.18 Å². The van der Waals surface area contributed by atoms with Crippen LogP contribution in [0.2, 0.25) is 0 Å². The lowest BCUT2D eigenvalue weighted by atomic mass is 10.2. The van der Waals surface area contributed by atoms with Crippen molar-refractivity contribution in [2.45, 2.75) is 37.9 Å². The van der Waals surface area contributed by atoms with Gasteiger partial charge in [-0.3, -0.25) is 0 Å². The van der Waals surface area contributed by atoms with Crippen molar-refractivity contribution >= 4 is 11.8 Å². The van der Waals surface area contributed by atoms with E-state index in [0.29, 0.717) is 12.5 Å². The summed E-state index contributed by atoms with van der Waals surface area (Å²) in [6.45, 7) is 0.596. The molecule has 0 aliphatic heterocycles. The largest absolute Gasteiger partial charge is 0.478 e. The van der Waals surface area contributed by atoms with Gasteiger partial charge in [-0.25, -0.2) is 9.78 Å². The van der Waals surface area contributed by atoms with E-state index in [0.717, 1.165) is 37.8 Å². The first kappa shape index (κ1) is 14.2. The van der Waals surface area contributed by atoms with Crippen molar-refractivity contribution in [3.8, 4) is 0 Å². The van der Waals surface area contributed by atoms with E-state index in [4.69, 9.17) is 0 Å². The van der Waals surface area contributed by atoms with Crippen LogP contribution in [-0.4, -0.2) is 28.6 Å². The number of carboxylic acids is 1. The Morgan fingerprint density at radius 3 is 2.43 bits per heavy atom. The highest BCUT2D eigenvalue weighted by Crippen LogP contribution is 2.39. The molecule has 0 radical (unpaired) electrons. The zero-order valence-corrected chi connectivity index (χ0v) is 11.2. The Bertz CT molecular complexity index is 566. The Kier molecular flexibility index (Phi) is 3.30. The van der Waals surface area contributed by atoms with Gasteiger partial charge < -0.3 is 10.0 Å². The SMILES string of the molecule is O=C(O)c1ccc(C(F)(F)F)nc1N(CC1CC1)C1CC1. The smallest absolute Gasteiger partial charge is 0.433 e. The van der Waals surface area contributed by atoms with Gasteiger partial charge in [-0.1, -0.05) is 0 Å². The van der Waals surface area contributed by atoms with E-state index in [-0.39, 0.29) is 17.4 Å². The van der Waals surface area contributed by atoms with Crippen molar-refractivity contribution in [3.05, 3.63) is 23.4 Å². The number of hydrogen-bond donors (Lipinski definition) is 1. The van der Waals surface area contributed by atoms with Crippen molar-refractivity contribution in [1.82, 2.24) is 4.98 Å². The highest BCUT2D eigenvalue weighted by atomic mass is 19.4. The lowest BCUT2D eigenvalue weighted by molar-refractivity contribution is -0.141. The van der Waals surface area contributed by atoms with Gasteiger partial charge >= 0.3 is 12.1 Å². The molecule has 4 nitrogen and oxygen atoms in total. The second kappa shape index (κ2) is 4.89. The maximum atomic E-state index is 12.8. The lowest BCUT2D eigenvalue weighted by Gasteiger charge is -2.25. The summed E-state index contributed by atoms with van der Waals surface area (Å²) in [5.74, 6) is -0.831. The molecule has 0 bridgehead atoms. The van der Waals surface area contributed by atoms with E-state index in [1.165, 1.54) is 0 Å². The first-order valence-electron chi connectivity index (χ1n) is 6.94. The minimum Gasteiger partial charge on any atom is -0.478 e. The Balaban J connectivity index is 2.00. The summed E-state index contributed by atoms with van der Waals surface area (Å²) in [4.78, 5) is 16.7. The molecule has 0 spiro atoms. The molecule has 2 aliphatic rings. The number of pyridine rings is 1. The molecule has 114 valence electrons. The molecular formula is C14H15F3N2O2. The summed E-state index contributed by atoms with van der Waals surface area (Å²) < 4.78 is 38.5. The molecule has 0 saturated heterocycles. The average molecular weight is 300 g/mol. The van der Waals surface area contributed by atoms with Crippen molar-refractivity contribution in [1.29, 1.82) is 0 Å². The molecule has 0 atom stereocenters. The minimum atomic E-state index is -4.57. The van der Waals surface area contributed by atoms with Crippen molar-refractivity contribution in [2.24, 2.45) is 5.92 Å². The Hall–Kier alpha value is -1.79. The van der Waals surface area contributed by atoms with Crippen molar-refractivity contribution in [3.63, 3.8) is 0 Å². The van der Waals surface area contributed by atoms with Gasteiger partial charge in [-0.2, -0.15) is 13.2 Å². The van der Waals surface area contributed by atoms with Gasteiger partial charge in [0.2, 0.25) is 0 Å². The van der Waals surface area contributed by atoms with Crippen LogP contribution in [0.5, 0.6) is 0 Å². The van der Waals surface area contributed by atoms with E-state index in [1.54, 1.807) is 4.90 Å². The van der Waals surface area contributed by atoms with E-state index >= 15 is 0 Å². The first-order chi connectivity index (χ1) is 9.86. The van der Waals surface area contributed by atoms with E-state index in [1.807, 2.05) is 0 Å². The number of rotatable bonds is 5. The predicted molar refractivity (Wildman–Crippen MR) is 69.3 cm³/mol. The standard InChI is InChI=1S/C14H15F3N2O2/c15-14(16,17)11-6-5-10(13(20)21)12(18-11)19(9-3-4-9)7-8-1-2-8/h5-6,8-9H,1-4,7H2,(H,20,21). The molecular weight excluding hydrogens is 285 g/mol. The van der Waals surface area contributed by atoms with Crippen LogP contribution in [0.3, 0.4) is 0 Å². The summed E-state index contributed by atoms with van der Waals surface area (Å²) in [5, 5.41) is 9.21. The van der Waals surface area contributed by atoms with Gasteiger partial charge in [0.05, 0.1) is 0 Å². The quantitative estimate of drug-likeness (QED) is 0.907.